The van der Waals surface area contributed by atoms with E-state index in [1.54, 1.807) is 0 Å². The highest BCUT2D eigenvalue weighted by Gasteiger charge is 2.34. The van der Waals surface area contributed by atoms with Crippen LogP contribution >= 0.6 is 0 Å². The summed E-state index contributed by atoms with van der Waals surface area (Å²) in [5, 5.41) is 3.32. The fourth-order valence-electron chi connectivity index (χ4n) is 2.38. The smallest absolute Gasteiger partial charge is 0.325 e. The second kappa shape index (κ2) is 8.71. The van der Waals surface area contributed by atoms with Crippen LogP contribution in [-0.2, 0) is 14.3 Å². The third-order valence-corrected chi connectivity index (χ3v) is 3.90. The van der Waals surface area contributed by atoms with Crippen LogP contribution in [0.2, 0.25) is 0 Å². The normalized spacial score (nSPS) is 18.0. The van der Waals surface area contributed by atoms with Gasteiger partial charge in [0.05, 0.1) is 13.7 Å². The number of esters is 1. The Morgan fingerprint density at radius 3 is 2.57 bits per heavy atom. The molecule has 0 radical (unpaired) electrons. The fraction of sp³-hybridized carbons (Fsp3) is 0.938. The van der Waals surface area contributed by atoms with E-state index in [2.05, 4.69) is 17.3 Å². The van der Waals surface area contributed by atoms with Crippen LogP contribution in [-0.4, -0.2) is 62.9 Å². The summed E-state index contributed by atoms with van der Waals surface area (Å²) in [6, 6.07) is 0.237. The van der Waals surface area contributed by atoms with Crippen LogP contribution in [0.15, 0.2) is 0 Å². The van der Waals surface area contributed by atoms with Crippen molar-refractivity contribution in [2.75, 3.05) is 40.5 Å². The molecule has 0 aliphatic heterocycles. The molecule has 0 aromatic carbocycles. The number of methoxy groups -OCH3 is 1. The van der Waals surface area contributed by atoms with Crippen LogP contribution in [0.1, 0.15) is 40.0 Å². The Morgan fingerprint density at radius 2 is 2.05 bits per heavy atom. The van der Waals surface area contributed by atoms with Crippen LogP contribution in [0, 0.1) is 5.92 Å². The molecule has 1 N–H and O–H groups in total. The van der Waals surface area contributed by atoms with Crippen molar-refractivity contribution < 1.29 is 14.3 Å². The number of hydrogen-bond acceptors (Lipinski definition) is 5. The molecule has 0 amide bonds. The lowest BCUT2D eigenvalue weighted by Gasteiger charge is -2.31. The van der Waals surface area contributed by atoms with Crippen molar-refractivity contribution in [2.45, 2.75) is 51.6 Å². The van der Waals surface area contributed by atoms with Crippen molar-refractivity contribution in [1.29, 1.82) is 0 Å². The quantitative estimate of drug-likeness (QED) is 0.464. The van der Waals surface area contributed by atoms with E-state index < -0.39 is 5.54 Å². The molecule has 5 nitrogen and oxygen atoms in total. The highest BCUT2D eigenvalue weighted by molar-refractivity contribution is 5.80. The Kier molecular flexibility index (Phi) is 7.63. The van der Waals surface area contributed by atoms with E-state index in [1.807, 2.05) is 20.8 Å². The molecule has 1 unspecified atom stereocenters. The minimum Gasteiger partial charge on any atom is -0.468 e. The zero-order valence-corrected chi connectivity index (χ0v) is 14.3. The number of likely N-dealkylation sites (N-methyl/N-ethyl adjacent to an activating group) is 1. The first-order chi connectivity index (χ1) is 9.87. The number of nitrogens with zero attached hydrogens (tertiary/aromatic N) is 1. The number of hydrogen-bond donors (Lipinski definition) is 1. The van der Waals surface area contributed by atoms with Crippen molar-refractivity contribution in [3.63, 3.8) is 0 Å². The zero-order valence-electron chi connectivity index (χ0n) is 14.3. The van der Waals surface area contributed by atoms with Crippen LogP contribution in [0.3, 0.4) is 0 Å². The van der Waals surface area contributed by atoms with Crippen LogP contribution in [0.5, 0.6) is 0 Å². The maximum Gasteiger partial charge on any atom is 0.325 e. The number of carbonyl (C=O) groups excluding carboxylic acids is 1. The molecule has 1 aliphatic carbocycles. The van der Waals surface area contributed by atoms with Crippen LogP contribution in [0.25, 0.3) is 0 Å². The Balaban J connectivity index is 2.27. The maximum absolute atomic E-state index is 12.0. The van der Waals surface area contributed by atoms with Gasteiger partial charge < -0.3 is 14.4 Å². The van der Waals surface area contributed by atoms with Gasteiger partial charge in [0, 0.05) is 25.7 Å². The summed E-state index contributed by atoms with van der Waals surface area (Å²) < 4.78 is 10.6. The number of carbonyl (C=O) groups is 1. The molecule has 1 rings (SSSR count). The second-order valence-corrected chi connectivity index (χ2v) is 6.69. The molecular formula is C16H32N2O3. The molecule has 0 spiro atoms. The molecule has 124 valence electrons. The van der Waals surface area contributed by atoms with Crippen molar-refractivity contribution in [2.24, 2.45) is 5.92 Å². The molecule has 1 fully saturated rings. The van der Waals surface area contributed by atoms with Crippen molar-refractivity contribution in [3.05, 3.63) is 0 Å². The lowest BCUT2D eigenvalue weighted by atomic mass is 9.96. The SMILES string of the molecule is COC(=O)C(C)(CCN(C)CCOCC1CC1)NC(C)C. The van der Waals surface area contributed by atoms with E-state index in [0.29, 0.717) is 0 Å². The molecule has 1 aliphatic rings. The van der Waals surface area contributed by atoms with Gasteiger partial charge in [-0.15, -0.1) is 0 Å². The van der Waals surface area contributed by atoms with Crippen molar-refractivity contribution in [1.82, 2.24) is 10.2 Å². The molecule has 0 bridgehead atoms. The standard InChI is InChI=1S/C16H32N2O3/c1-13(2)17-16(3,15(19)20-5)8-9-18(4)10-11-21-12-14-6-7-14/h13-14,17H,6-12H2,1-5H3. The van der Waals surface area contributed by atoms with E-state index in [9.17, 15) is 4.79 Å². The lowest BCUT2D eigenvalue weighted by Crippen LogP contribution is -2.54. The Morgan fingerprint density at radius 1 is 1.38 bits per heavy atom. The largest absolute Gasteiger partial charge is 0.468 e. The second-order valence-electron chi connectivity index (χ2n) is 6.69. The Labute approximate surface area is 129 Å². The number of nitrogens with one attached hydrogen (secondary N) is 1. The molecular weight excluding hydrogens is 268 g/mol. The van der Waals surface area contributed by atoms with E-state index >= 15 is 0 Å². The summed E-state index contributed by atoms with van der Waals surface area (Å²) in [7, 11) is 3.51. The Hall–Kier alpha value is -0.650. The lowest BCUT2D eigenvalue weighted by molar-refractivity contribution is -0.148. The minimum atomic E-state index is -0.633. The van der Waals surface area contributed by atoms with Gasteiger partial charge in [0.2, 0.25) is 0 Å². The van der Waals surface area contributed by atoms with Crippen molar-refractivity contribution >= 4 is 5.97 Å². The van der Waals surface area contributed by atoms with E-state index in [1.165, 1.54) is 20.0 Å². The molecule has 5 heteroatoms. The van der Waals surface area contributed by atoms with Crippen molar-refractivity contribution in [3.8, 4) is 0 Å². The van der Waals surface area contributed by atoms with E-state index in [4.69, 9.17) is 9.47 Å². The third kappa shape index (κ3) is 7.25. The van der Waals surface area contributed by atoms with Crippen LogP contribution in [0.4, 0.5) is 0 Å². The summed E-state index contributed by atoms with van der Waals surface area (Å²) >= 11 is 0. The summed E-state index contributed by atoms with van der Waals surface area (Å²) in [6.45, 7) is 9.38. The molecule has 1 saturated carbocycles. The summed E-state index contributed by atoms with van der Waals surface area (Å²) in [6.07, 6.45) is 3.37. The van der Waals surface area contributed by atoms with Gasteiger partial charge in [-0.2, -0.15) is 0 Å². The first kappa shape index (κ1) is 18.4. The maximum atomic E-state index is 12.0. The highest BCUT2D eigenvalue weighted by atomic mass is 16.5. The van der Waals surface area contributed by atoms with Gasteiger partial charge in [-0.3, -0.25) is 10.1 Å². The van der Waals surface area contributed by atoms with Gasteiger partial charge in [0.1, 0.15) is 5.54 Å². The van der Waals surface area contributed by atoms with Crippen LogP contribution < -0.4 is 5.32 Å². The van der Waals surface area contributed by atoms with Gasteiger partial charge in [-0.1, -0.05) is 0 Å². The van der Waals surface area contributed by atoms with Gasteiger partial charge in [0.15, 0.2) is 0 Å². The van der Waals surface area contributed by atoms with Gasteiger partial charge in [-0.25, -0.2) is 0 Å². The Bertz CT molecular complexity index is 319. The van der Waals surface area contributed by atoms with Gasteiger partial charge in [-0.05, 0) is 53.0 Å². The summed E-state index contributed by atoms with van der Waals surface area (Å²) in [4.78, 5) is 14.2. The summed E-state index contributed by atoms with van der Waals surface area (Å²) in [5.74, 6) is 0.614. The minimum absolute atomic E-state index is 0.199. The molecule has 21 heavy (non-hydrogen) atoms. The molecule has 0 aromatic rings. The first-order valence-corrected chi connectivity index (χ1v) is 8.00. The van der Waals surface area contributed by atoms with Gasteiger partial charge >= 0.3 is 5.97 Å². The monoisotopic (exact) mass is 300 g/mol. The van der Waals surface area contributed by atoms with E-state index in [-0.39, 0.29) is 12.0 Å². The molecule has 0 saturated heterocycles. The van der Waals surface area contributed by atoms with Gasteiger partial charge in [0.25, 0.3) is 0 Å². The molecule has 1 atom stereocenters. The predicted molar refractivity (Wildman–Crippen MR) is 84.3 cm³/mol. The summed E-state index contributed by atoms with van der Waals surface area (Å²) in [5.41, 5.74) is -0.633. The topological polar surface area (TPSA) is 50.8 Å². The molecule has 0 aromatic heterocycles. The fourth-order valence-corrected chi connectivity index (χ4v) is 2.38. The predicted octanol–water partition coefficient (Wildman–Crippen LogP) is 1.66. The third-order valence-electron chi connectivity index (χ3n) is 3.90. The average Bonchev–Trinajstić information content (AvgIpc) is 3.23. The average molecular weight is 300 g/mol. The zero-order chi connectivity index (χ0) is 15.9. The van der Waals surface area contributed by atoms with E-state index in [0.717, 1.165) is 38.6 Å². The first-order valence-electron chi connectivity index (χ1n) is 8.00. The number of ether oxygens (including phenoxy) is 2. The molecule has 0 heterocycles. The highest BCUT2D eigenvalue weighted by Crippen LogP contribution is 2.28. The number of rotatable bonds is 11.